The second-order valence-electron chi connectivity index (χ2n) is 23.0. The zero-order valence-electron chi connectivity index (χ0n) is 52.3. The van der Waals surface area contributed by atoms with E-state index in [-0.39, 0.29) is 42.3 Å². The van der Waals surface area contributed by atoms with Crippen LogP contribution in [0.25, 0.3) is 33.1 Å². The van der Waals surface area contributed by atoms with Crippen LogP contribution in [0.3, 0.4) is 0 Å². The second kappa shape index (κ2) is 29.0. The topological polar surface area (TPSA) is 235 Å². The molecule has 0 bridgehead atoms. The van der Waals surface area contributed by atoms with Gasteiger partial charge in [0, 0.05) is 136 Å². The Bertz CT molecular complexity index is 4220. The van der Waals surface area contributed by atoms with Crippen molar-refractivity contribution in [1.29, 1.82) is 0 Å². The van der Waals surface area contributed by atoms with Gasteiger partial charge >= 0.3 is 0 Å². The van der Waals surface area contributed by atoms with Gasteiger partial charge in [-0.25, -0.2) is 37.5 Å². The molecule has 3 N–H and O–H groups in total. The molecule has 4 aliphatic heterocycles. The van der Waals surface area contributed by atoms with Crippen LogP contribution in [0.15, 0.2) is 89.9 Å². The van der Waals surface area contributed by atoms with Gasteiger partial charge in [0.25, 0.3) is 0 Å². The van der Waals surface area contributed by atoms with E-state index in [4.69, 9.17) is 53.0 Å². The smallest absolute Gasteiger partial charge is 0.226 e. The molecule has 14 rings (SSSR count). The molecule has 492 valence electrons. The molecule has 0 amide bonds. The molecule has 4 saturated heterocycles. The number of rotatable bonds is 17. The number of alkyl halides is 2. The minimum Gasteiger partial charge on any atom is -0.497 e. The van der Waals surface area contributed by atoms with Gasteiger partial charge in [-0.15, -0.1) is 10.2 Å². The molecule has 4 fully saturated rings. The van der Waals surface area contributed by atoms with E-state index in [0.717, 1.165) is 60.2 Å². The fourth-order valence-electron chi connectivity index (χ4n) is 12.1. The number of nitrogens with one attached hydrogen (secondary N) is 3. The van der Waals surface area contributed by atoms with Crippen LogP contribution in [0.4, 0.5) is 35.1 Å². The minimum absolute atomic E-state index is 0.0661. The highest BCUT2D eigenvalue weighted by molar-refractivity contribution is 9.10. The molecule has 10 heterocycles. The lowest BCUT2D eigenvalue weighted by Gasteiger charge is -2.34. The lowest BCUT2D eigenvalue weighted by atomic mass is 9.96. The highest BCUT2D eigenvalue weighted by atomic mass is 79.9. The summed E-state index contributed by atoms with van der Waals surface area (Å²) >= 11 is 3.38. The molecule has 0 spiro atoms. The first-order valence-corrected chi connectivity index (χ1v) is 31.5. The van der Waals surface area contributed by atoms with Gasteiger partial charge in [0.2, 0.25) is 11.9 Å². The molecular weight excluding hydrogens is 1280 g/mol. The molecule has 4 aromatic carbocycles. The monoisotopic (exact) mass is 1350 g/mol. The summed E-state index contributed by atoms with van der Waals surface area (Å²) in [5.41, 5.74) is 4.39. The molecule has 0 saturated carbocycles. The molecule has 0 radical (unpaired) electrons. The number of hydrogen-bond acceptors (Lipinski definition) is 20. The summed E-state index contributed by atoms with van der Waals surface area (Å²) < 4.78 is 110. The van der Waals surface area contributed by atoms with Crippen LogP contribution in [-0.2, 0) is 22.6 Å². The highest BCUT2D eigenvalue weighted by Crippen LogP contribution is 2.36. The van der Waals surface area contributed by atoms with Crippen molar-refractivity contribution in [2.75, 3.05) is 111 Å². The first-order chi connectivity index (χ1) is 45.3. The number of nitrogens with zero attached hydrogens (tertiary/aromatic N) is 13. The largest absolute Gasteiger partial charge is 0.497 e. The van der Waals surface area contributed by atoms with Gasteiger partial charge in [-0.2, -0.15) is 19.2 Å². The van der Waals surface area contributed by atoms with Crippen molar-refractivity contribution in [1.82, 2.24) is 64.0 Å². The maximum atomic E-state index is 15.3. The third-order valence-electron chi connectivity index (χ3n) is 17.1. The summed E-state index contributed by atoms with van der Waals surface area (Å²) in [7, 11) is 9.18. The Morgan fingerprint density at radius 2 is 1.05 bits per heavy atom. The third-order valence-corrected chi connectivity index (χ3v) is 17.5. The van der Waals surface area contributed by atoms with E-state index in [1.54, 1.807) is 55.8 Å². The van der Waals surface area contributed by atoms with Gasteiger partial charge in [-0.05, 0) is 90.9 Å². The van der Waals surface area contributed by atoms with E-state index in [1.807, 2.05) is 57.1 Å². The zero-order valence-corrected chi connectivity index (χ0v) is 53.9. The van der Waals surface area contributed by atoms with E-state index >= 15 is 4.39 Å². The summed E-state index contributed by atoms with van der Waals surface area (Å²) in [5.74, 6) is 2.93. The number of anilines is 3. The number of halogens is 5. The predicted octanol–water partition coefficient (Wildman–Crippen LogP) is 10.4. The van der Waals surface area contributed by atoms with Crippen molar-refractivity contribution in [3.8, 4) is 34.5 Å². The lowest BCUT2D eigenvalue weighted by Crippen LogP contribution is -2.41. The molecule has 93 heavy (non-hydrogen) atoms. The van der Waals surface area contributed by atoms with Crippen LogP contribution in [0, 0.1) is 11.6 Å². The Balaban J connectivity index is 0.000000155. The maximum Gasteiger partial charge on any atom is 0.226 e. The quantitative estimate of drug-likeness (QED) is 0.0719. The van der Waals surface area contributed by atoms with E-state index in [1.165, 1.54) is 38.5 Å². The Morgan fingerprint density at radius 3 is 1.54 bits per heavy atom. The average Bonchev–Trinajstić information content (AvgIpc) is 1.68. The van der Waals surface area contributed by atoms with Crippen molar-refractivity contribution in [3.63, 3.8) is 0 Å². The number of benzene rings is 4. The predicted molar refractivity (Wildman–Crippen MR) is 343 cm³/mol. The van der Waals surface area contributed by atoms with Crippen molar-refractivity contribution in [2.45, 2.75) is 87.9 Å². The summed E-state index contributed by atoms with van der Waals surface area (Å²) in [6.07, 6.45) is 10.1. The number of fused-ring (bicyclic) bond motifs is 6. The molecule has 4 atom stereocenters. The lowest BCUT2D eigenvalue weighted by molar-refractivity contribution is 0.0661. The van der Waals surface area contributed by atoms with Gasteiger partial charge in [0.15, 0.2) is 46.1 Å². The van der Waals surface area contributed by atoms with Crippen LogP contribution in [0.1, 0.15) is 85.2 Å². The van der Waals surface area contributed by atoms with Crippen LogP contribution < -0.4 is 49.3 Å². The number of hydrogen-bond donors (Lipinski definition) is 3. The number of piperidine rings is 2. The number of methoxy groups -OCH3 is 6. The first kappa shape index (κ1) is 64.3. The molecule has 6 aromatic heterocycles. The van der Waals surface area contributed by atoms with E-state index in [0.29, 0.717) is 138 Å². The standard InChI is InChI=1S/C32H36F2N8O4.C24H26F2N6O3.C8H11BrN2O/c1-43-24-5-4-19(28(11-24)44-2)14-35-32-37-27-13-29(45-3)26(34)12-25(27)31-38-30(39-42(31)32)20-10-21(33)17-40(16-20)23-15-36-41(18-23)22-6-8-46-9-7-22;1-33-16-5-4-13(20(7-16)34-2)11-28-24-29-19-9-21(35-3)18(26)8-17(19)23-30-22(31-32(23)24)14-6-15(25)12-27-10-14;9-7-5-10-11(6-7)8-1-3-12-4-2-8/h4-5,11-13,15,18,20-22H,6-10,14,16-17H2,1-3H3,(H,35,37);4-5,7-9,14-15,27H,6,10-12H2,1-3H3,(H,28,29);5-6,8H,1-4H2. The Hall–Kier alpha value is -8.80. The fraction of sp³-hybridized carbons (Fsp3) is 0.438. The Labute approximate surface area is 541 Å². The molecule has 4 unspecified atom stereocenters. The number of aromatic nitrogens is 12. The molecule has 10 aromatic rings. The number of ether oxygens (including phenoxy) is 8. The van der Waals surface area contributed by atoms with Crippen LogP contribution >= 0.6 is 15.9 Å². The van der Waals surface area contributed by atoms with Crippen LogP contribution in [0.5, 0.6) is 34.5 Å². The highest BCUT2D eigenvalue weighted by Gasteiger charge is 2.34. The van der Waals surface area contributed by atoms with Crippen molar-refractivity contribution < 1.29 is 55.5 Å². The van der Waals surface area contributed by atoms with Crippen LogP contribution in [-0.4, -0.2) is 166 Å². The fourth-order valence-corrected chi connectivity index (χ4v) is 12.4. The van der Waals surface area contributed by atoms with Crippen molar-refractivity contribution in [3.05, 3.63) is 124 Å². The molecule has 4 aliphatic rings. The SMILES string of the molecule is Brc1cnn(C2CCOCC2)c1.COc1ccc(CNc2nc3cc(OC)c(F)cc3c3nc(C4CC(F)CN(c5cnn(C6CCOCC6)c5)C4)nn23)c(OC)c1.COc1ccc(CNc2nc3cc(OC)c(F)cc3c3nc(C4CNCC(F)C4)nn23)c(OC)c1. The maximum absolute atomic E-state index is 15.3. The second-order valence-corrected chi connectivity index (χ2v) is 23.9. The van der Waals surface area contributed by atoms with Crippen molar-refractivity contribution >= 4 is 66.6 Å². The van der Waals surface area contributed by atoms with Crippen LogP contribution in [0.2, 0.25) is 0 Å². The van der Waals surface area contributed by atoms with Crippen molar-refractivity contribution in [2.24, 2.45) is 0 Å². The van der Waals surface area contributed by atoms with E-state index < -0.39 is 24.0 Å². The van der Waals surface area contributed by atoms with Gasteiger partial charge in [-0.1, -0.05) is 0 Å². The normalized spacial score (nSPS) is 18.8. The molecule has 0 aliphatic carbocycles. The zero-order chi connectivity index (χ0) is 64.7. The average molecular weight is 1350 g/mol. The summed E-state index contributed by atoms with van der Waals surface area (Å²) in [4.78, 5) is 21.0. The molecule has 24 nitrogen and oxygen atoms in total. The summed E-state index contributed by atoms with van der Waals surface area (Å²) in [5, 5.41) is 29.0. The Morgan fingerprint density at radius 1 is 0.559 bits per heavy atom. The summed E-state index contributed by atoms with van der Waals surface area (Å²) in [6, 6.07) is 17.6. The summed E-state index contributed by atoms with van der Waals surface area (Å²) in [6.45, 7) is 5.51. The van der Waals surface area contributed by atoms with E-state index in [9.17, 15) is 13.2 Å². The Kier molecular flexibility index (Phi) is 20.1. The first-order valence-electron chi connectivity index (χ1n) is 30.7. The molecule has 29 heteroatoms. The van der Waals surface area contributed by atoms with E-state index in [2.05, 4.69) is 57.1 Å². The third kappa shape index (κ3) is 14.4. The van der Waals surface area contributed by atoms with Gasteiger partial charge in [0.05, 0.1) is 88.3 Å². The molecular formula is C64H73BrF4N16O8. The van der Waals surface area contributed by atoms with Gasteiger partial charge < -0.3 is 58.7 Å². The van der Waals surface area contributed by atoms with Gasteiger partial charge in [-0.3, -0.25) is 9.36 Å². The van der Waals surface area contributed by atoms with Gasteiger partial charge in [0.1, 0.15) is 35.3 Å². The minimum atomic E-state index is -1.09.